The first-order chi connectivity index (χ1) is 2.00. The molecule has 0 atom stereocenters. The number of hydrogen-bond acceptors (Lipinski definition) is 1. The first-order valence-electron chi connectivity index (χ1n) is 0.783. The monoisotopic (exact) mass is 264 g/mol. The molecule has 0 aromatic rings. The Labute approximate surface area is 95.7 Å². The predicted octanol–water partition coefficient (Wildman–Crippen LogP) is -1.58. The van der Waals surface area contributed by atoms with Gasteiger partial charge in [0.25, 0.3) is 0 Å². The molecule has 0 spiro atoms. The maximum absolute atomic E-state index is 8.88. The van der Waals surface area contributed by atoms with Crippen molar-refractivity contribution in [3.05, 3.63) is 0 Å². The normalized spacial score (nSPS) is 8.43. The van der Waals surface area contributed by atoms with Crippen molar-refractivity contribution in [1.82, 2.24) is 0 Å². The maximum atomic E-state index is 8.88. The van der Waals surface area contributed by atoms with Crippen LogP contribution in [0.5, 0.6) is 0 Å². The Kier molecular flexibility index (Phi) is 15.2. The van der Waals surface area contributed by atoms with E-state index in [4.69, 9.17) is 19.2 Å². The van der Waals surface area contributed by atoms with Crippen LogP contribution in [0.25, 0.3) is 0 Å². The van der Waals surface area contributed by atoms with E-state index in [1.807, 2.05) is 0 Å². The average molecular weight is 266 g/mol. The smallest absolute Gasteiger partial charge is 0 e. The van der Waals surface area contributed by atoms with Crippen molar-refractivity contribution in [3.8, 4) is 0 Å². The van der Waals surface area contributed by atoms with Gasteiger partial charge in [0.05, 0.1) is 0 Å². The summed E-state index contributed by atoms with van der Waals surface area (Å²) >= 11 is 0. The van der Waals surface area contributed by atoms with Gasteiger partial charge < -0.3 is 14.7 Å². The molecule has 3 N–H and O–H groups in total. The Morgan fingerprint density at radius 2 is 1.14 bits per heavy atom. The second-order valence-corrected chi connectivity index (χ2v) is 1.54. The third-order valence-corrected chi connectivity index (χ3v) is 0. The molecule has 0 saturated heterocycles. The average Bonchev–Trinajstić information content (AvgIpc) is 0.722. The summed E-state index contributed by atoms with van der Waals surface area (Å²) < 4.78 is 8.88. The third kappa shape index (κ3) is 58.3. The van der Waals surface area contributed by atoms with Crippen molar-refractivity contribution < 1.29 is 60.1 Å². The summed E-state index contributed by atoms with van der Waals surface area (Å²) in [6, 6.07) is 0. The van der Waals surface area contributed by atoms with Crippen molar-refractivity contribution in [2.45, 2.75) is 0 Å². The maximum Gasteiger partial charge on any atom is 0 e. The van der Waals surface area contributed by atoms with Crippen molar-refractivity contribution in [2.75, 3.05) is 0 Å². The summed E-state index contributed by atoms with van der Waals surface area (Å²) in [5.74, 6) is 0. The van der Waals surface area contributed by atoms with E-state index in [0.29, 0.717) is 0 Å². The molecule has 0 rings (SSSR count). The molecule has 0 unspecified atom stereocenters. The summed E-state index contributed by atoms with van der Waals surface area (Å²) in [5.41, 5.74) is 0. The molecule has 0 aliphatic rings. The zero-order valence-corrected chi connectivity index (χ0v) is 6.80. The van der Waals surface area contributed by atoms with E-state index in [9.17, 15) is 0 Å². The van der Waals surface area contributed by atoms with Gasteiger partial charge in [0, 0.05) is 40.8 Å². The fraction of sp³-hybridized carbons (Fsp3) is 0. The minimum absolute atomic E-state index is 0. The van der Waals surface area contributed by atoms with Crippen molar-refractivity contribution in [1.29, 1.82) is 0 Å². The molecule has 7 heteroatoms. The Hall–Kier alpha value is 2.46. The van der Waals surface area contributed by atoms with Gasteiger partial charge in [0.15, 0.2) is 0 Å². The minimum atomic E-state index is -4.64. The van der Waals surface area contributed by atoms with Gasteiger partial charge in [-0.3, -0.25) is 0 Å². The summed E-state index contributed by atoms with van der Waals surface area (Å²) in [4.78, 5) is 21.6. The first kappa shape index (κ1) is 16.2. The molecule has 0 aliphatic carbocycles. The zero-order chi connectivity index (χ0) is 4.50. The van der Waals surface area contributed by atoms with Crippen molar-refractivity contribution in [2.24, 2.45) is 0 Å². The topological polar surface area (TPSA) is 77.8 Å². The third-order valence-electron chi connectivity index (χ3n) is 0. The largest absolute Gasteiger partial charge is 0 e. The number of hydrogen-bond donors (Lipinski definition) is 3. The van der Waals surface area contributed by atoms with Crippen LogP contribution in [0.2, 0.25) is 0 Å². The van der Waals surface area contributed by atoms with Crippen LogP contribution in [-0.2, 0) is 4.57 Å². The molecule has 0 bridgehead atoms. The van der Waals surface area contributed by atoms with E-state index >= 15 is 0 Å². The van der Waals surface area contributed by atoms with Gasteiger partial charge in [-0.25, -0.2) is 4.57 Å². The first-order valence-corrected chi connectivity index (χ1v) is 2.35. The molecule has 0 heterocycles. The van der Waals surface area contributed by atoms with Crippen LogP contribution in [-0.4, -0.2) is 44.2 Å². The van der Waals surface area contributed by atoms with Gasteiger partial charge in [-0.05, 0) is 0 Å². The molecule has 7 heavy (non-hydrogen) atoms. The molecule has 38 valence electrons. The molecule has 0 fully saturated rings. The Morgan fingerprint density at radius 3 is 1.14 bits per heavy atom. The standard InChI is InChI=1S/Na.Nd.H3O4P.H/c;;1-5(2,3)4;/h;;(H3,1,2,3,4);. The quantitative estimate of drug-likeness (QED) is 0.365. The fourth-order valence-electron chi connectivity index (χ4n) is 0. The Balaban J connectivity index is -0.0000000800. The summed E-state index contributed by atoms with van der Waals surface area (Å²) in [6.07, 6.45) is 0. The molecule has 0 amide bonds. The summed E-state index contributed by atoms with van der Waals surface area (Å²) in [7, 11) is -4.64. The summed E-state index contributed by atoms with van der Waals surface area (Å²) in [6.45, 7) is 0. The molecule has 0 aromatic carbocycles. The van der Waals surface area contributed by atoms with Crippen LogP contribution in [0.15, 0.2) is 0 Å². The van der Waals surface area contributed by atoms with E-state index in [0.717, 1.165) is 0 Å². The number of phosphoric acid groups is 1. The van der Waals surface area contributed by atoms with Gasteiger partial charge >= 0.3 is 37.4 Å². The van der Waals surface area contributed by atoms with E-state index < -0.39 is 7.82 Å². The molecule has 0 saturated carbocycles. The molecule has 0 aromatic heterocycles. The van der Waals surface area contributed by atoms with Crippen molar-refractivity contribution >= 4 is 37.4 Å². The number of rotatable bonds is 0. The zero-order valence-electron chi connectivity index (χ0n) is 2.70. The summed E-state index contributed by atoms with van der Waals surface area (Å²) in [5, 5.41) is 0. The van der Waals surface area contributed by atoms with Crippen molar-refractivity contribution in [3.63, 3.8) is 0 Å². The molecule has 4 nitrogen and oxygen atoms in total. The SMILES string of the molecule is O=P(O)(O)O.[NaH].[Nd]. The van der Waals surface area contributed by atoms with E-state index in [2.05, 4.69) is 0 Å². The van der Waals surface area contributed by atoms with Crippen LogP contribution in [0.4, 0.5) is 0 Å². The molecule has 0 aliphatic heterocycles. The second kappa shape index (κ2) is 6.58. The van der Waals surface area contributed by atoms with Crippen LogP contribution < -0.4 is 0 Å². The van der Waals surface area contributed by atoms with E-state index in [1.165, 1.54) is 0 Å². The van der Waals surface area contributed by atoms with Gasteiger partial charge in [-0.2, -0.15) is 0 Å². The van der Waals surface area contributed by atoms with Crippen LogP contribution in [0.3, 0.4) is 0 Å². The molecule has 0 radical (unpaired) electrons. The second-order valence-electron chi connectivity index (χ2n) is 0.513. The van der Waals surface area contributed by atoms with Crippen LogP contribution in [0.1, 0.15) is 0 Å². The van der Waals surface area contributed by atoms with E-state index in [1.54, 1.807) is 0 Å². The van der Waals surface area contributed by atoms with Gasteiger partial charge in [0.2, 0.25) is 0 Å². The van der Waals surface area contributed by atoms with Crippen LogP contribution >= 0.6 is 7.82 Å². The van der Waals surface area contributed by atoms with Crippen LogP contribution in [0, 0.1) is 40.8 Å². The van der Waals surface area contributed by atoms with Gasteiger partial charge in [-0.15, -0.1) is 0 Å². The van der Waals surface area contributed by atoms with Gasteiger partial charge in [-0.1, -0.05) is 0 Å². The molecular weight excluding hydrogens is 262 g/mol. The Morgan fingerprint density at radius 1 is 1.14 bits per heavy atom. The van der Waals surface area contributed by atoms with E-state index in [-0.39, 0.29) is 70.4 Å². The fourth-order valence-corrected chi connectivity index (χ4v) is 0. The minimum Gasteiger partial charge on any atom is 0 e. The predicted molar refractivity (Wildman–Crippen MR) is 21.4 cm³/mol. The van der Waals surface area contributed by atoms with Gasteiger partial charge in [0.1, 0.15) is 0 Å². The Bertz CT molecular complexity index is 57.8. The molecular formula is H4NaNdO4P.